The summed E-state index contributed by atoms with van der Waals surface area (Å²) in [6.45, 7) is 1.62. The number of aromatic nitrogens is 1. The molecule has 0 spiro atoms. The number of benzene rings is 2. The van der Waals surface area contributed by atoms with Gasteiger partial charge in [-0.2, -0.15) is 13.2 Å². The van der Waals surface area contributed by atoms with Gasteiger partial charge >= 0.3 is 6.18 Å². The van der Waals surface area contributed by atoms with Crippen LogP contribution in [0.1, 0.15) is 23.0 Å². The predicted octanol–water partition coefficient (Wildman–Crippen LogP) is 3.95. The van der Waals surface area contributed by atoms with Crippen molar-refractivity contribution in [2.75, 3.05) is 5.32 Å². The number of hydrogen-bond donors (Lipinski definition) is 3. The summed E-state index contributed by atoms with van der Waals surface area (Å²) in [7, 11) is -3.98. The second-order valence-electron chi connectivity index (χ2n) is 6.56. The number of alkyl halides is 3. The first-order valence-electron chi connectivity index (χ1n) is 8.83. The fraction of sp³-hybridized carbons (Fsp3) is 0.150. The predicted molar refractivity (Wildman–Crippen MR) is 107 cm³/mol. The van der Waals surface area contributed by atoms with Gasteiger partial charge in [0, 0.05) is 17.4 Å². The molecule has 0 saturated heterocycles. The van der Waals surface area contributed by atoms with E-state index in [0.717, 1.165) is 18.2 Å². The highest BCUT2D eigenvalue weighted by atomic mass is 32.2. The Kier molecular flexibility index (Phi) is 6.20. The molecule has 164 valence electrons. The minimum absolute atomic E-state index is 0.00254. The Bertz CT molecular complexity index is 1200. The summed E-state index contributed by atoms with van der Waals surface area (Å²) in [4.78, 5) is 3.83. The van der Waals surface area contributed by atoms with Crippen molar-refractivity contribution in [2.45, 2.75) is 24.2 Å². The van der Waals surface area contributed by atoms with Crippen LogP contribution in [0.2, 0.25) is 0 Å². The molecule has 3 rings (SSSR count). The first-order valence-corrected chi connectivity index (χ1v) is 10.4. The lowest BCUT2D eigenvalue weighted by atomic mass is 10.1. The molecule has 1 heterocycles. The number of pyridine rings is 1. The van der Waals surface area contributed by atoms with Gasteiger partial charge in [-0.25, -0.2) is 13.6 Å². The number of nitrogens with two attached hydrogens (primary N) is 1. The third-order valence-corrected chi connectivity index (χ3v) is 5.19. The Morgan fingerprint density at radius 2 is 1.84 bits per heavy atom. The number of halogens is 3. The number of rotatable bonds is 6. The van der Waals surface area contributed by atoms with E-state index in [1.54, 1.807) is 13.0 Å². The Hall–Kier alpha value is -3.15. The Labute approximate surface area is 176 Å². The molecule has 0 aliphatic heterocycles. The van der Waals surface area contributed by atoms with Crippen molar-refractivity contribution in [2.24, 2.45) is 5.14 Å². The minimum Gasteiger partial charge on any atom is -0.455 e. The molecule has 0 fully saturated rings. The molecule has 1 unspecified atom stereocenters. The molecule has 3 aromatic rings. The summed E-state index contributed by atoms with van der Waals surface area (Å²) in [5.41, 5.74) is -0.343. The van der Waals surface area contributed by atoms with E-state index in [9.17, 15) is 26.7 Å². The fourth-order valence-electron chi connectivity index (χ4n) is 2.72. The highest BCUT2D eigenvalue weighted by Gasteiger charge is 2.32. The van der Waals surface area contributed by atoms with Crippen molar-refractivity contribution in [3.8, 4) is 11.5 Å². The quantitative estimate of drug-likeness (QED) is 0.487. The zero-order chi connectivity index (χ0) is 22.8. The first-order chi connectivity index (χ1) is 14.4. The van der Waals surface area contributed by atoms with Crippen molar-refractivity contribution in [3.63, 3.8) is 0 Å². The van der Waals surface area contributed by atoms with Gasteiger partial charge in [0.05, 0.1) is 16.2 Å². The number of nitrogens with one attached hydrogen (secondary N) is 1. The van der Waals surface area contributed by atoms with Gasteiger partial charge in [0.2, 0.25) is 10.0 Å². The van der Waals surface area contributed by atoms with E-state index in [-0.39, 0.29) is 27.6 Å². The number of primary sulfonamides is 1. The molecule has 0 radical (unpaired) electrons. The average Bonchev–Trinajstić information content (AvgIpc) is 2.68. The third kappa shape index (κ3) is 5.51. The van der Waals surface area contributed by atoms with Crippen LogP contribution in [0.4, 0.5) is 18.9 Å². The Morgan fingerprint density at radius 3 is 2.48 bits per heavy atom. The van der Waals surface area contributed by atoms with Crippen molar-refractivity contribution in [1.82, 2.24) is 4.98 Å². The molecule has 0 aliphatic rings. The zero-order valence-corrected chi connectivity index (χ0v) is 16.9. The molecule has 0 amide bonds. The van der Waals surface area contributed by atoms with E-state index < -0.39 is 28.0 Å². The maximum atomic E-state index is 13.2. The fourth-order valence-corrected chi connectivity index (χ4v) is 3.28. The van der Waals surface area contributed by atoms with Crippen LogP contribution < -0.4 is 15.2 Å². The van der Waals surface area contributed by atoms with Crippen molar-refractivity contribution < 1.29 is 31.4 Å². The van der Waals surface area contributed by atoms with E-state index in [1.165, 1.54) is 36.5 Å². The summed E-state index contributed by atoms with van der Waals surface area (Å²) >= 11 is 0. The van der Waals surface area contributed by atoms with Crippen LogP contribution in [-0.2, 0) is 16.2 Å². The molecule has 11 heteroatoms. The summed E-state index contributed by atoms with van der Waals surface area (Å²) in [6.07, 6.45) is -4.64. The Morgan fingerprint density at radius 1 is 1.10 bits per heavy atom. The third-order valence-electron chi connectivity index (χ3n) is 4.28. The van der Waals surface area contributed by atoms with E-state index >= 15 is 0 Å². The van der Waals surface area contributed by atoms with Gasteiger partial charge in [-0.3, -0.25) is 4.98 Å². The number of sulfonamides is 1. The number of aliphatic hydroxyl groups is 1. The first kappa shape index (κ1) is 22.5. The molecule has 7 nitrogen and oxygen atoms in total. The summed E-state index contributed by atoms with van der Waals surface area (Å²) in [6, 6.07) is 11.1. The van der Waals surface area contributed by atoms with Crippen LogP contribution >= 0.6 is 0 Å². The number of aryl methyl sites for hydroxylation is 1. The maximum absolute atomic E-state index is 13.2. The molecule has 31 heavy (non-hydrogen) atoms. The van der Waals surface area contributed by atoms with Gasteiger partial charge in [0.25, 0.3) is 0 Å². The normalized spacial score (nSPS) is 13.0. The molecular formula is C20H18F3N3O4S. The van der Waals surface area contributed by atoms with Crippen LogP contribution in [0, 0.1) is 6.92 Å². The molecule has 1 atom stereocenters. The van der Waals surface area contributed by atoms with Gasteiger partial charge in [0.15, 0.2) is 6.23 Å². The van der Waals surface area contributed by atoms with Gasteiger partial charge in [0.1, 0.15) is 11.5 Å². The number of anilines is 1. The summed E-state index contributed by atoms with van der Waals surface area (Å²) in [5.74, 6) is -0.0278. The highest BCUT2D eigenvalue weighted by Crippen LogP contribution is 2.37. The lowest BCUT2D eigenvalue weighted by Gasteiger charge is -2.20. The summed E-state index contributed by atoms with van der Waals surface area (Å²) in [5, 5.41) is 18.3. The molecular weight excluding hydrogens is 435 g/mol. The highest BCUT2D eigenvalue weighted by molar-refractivity contribution is 7.89. The monoisotopic (exact) mass is 453 g/mol. The van der Waals surface area contributed by atoms with Gasteiger partial charge in [-0.1, -0.05) is 12.1 Å². The van der Waals surface area contributed by atoms with Crippen LogP contribution in [0.3, 0.4) is 0 Å². The lowest BCUT2D eigenvalue weighted by Crippen LogP contribution is -2.15. The minimum atomic E-state index is -4.62. The van der Waals surface area contributed by atoms with Gasteiger partial charge < -0.3 is 15.2 Å². The van der Waals surface area contributed by atoms with E-state index in [0.29, 0.717) is 5.69 Å². The van der Waals surface area contributed by atoms with Gasteiger partial charge in [-0.05, 0) is 49.4 Å². The molecule has 4 N–H and O–H groups in total. The van der Waals surface area contributed by atoms with Crippen LogP contribution in [0.5, 0.6) is 11.5 Å². The molecule has 0 aliphatic carbocycles. The average molecular weight is 453 g/mol. The van der Waals surface area contributed by atoms with Crippen molar-refractivity contribution >= 4 is 15.7 Å². The maximum Gasteiger partial charge on any atom is 0.416 e. The number of hydrogen-bond acceptors (Lipinski definition) is 6. The van der Waals surface area contributed by atoms with E-state index in [2.05, 4.69) is 10.3 Å². The van der Waals surface area contributed by atoms with Crippen molar-refractivity contribution in [1.29, 1.82) is 0 Å². The second-order valence-corrected chi connectivity index (χ2v) is 8.12. The summed E-state index contributed by atoms with van der Waals surface area (Å²) < 4.78 is 68.3. The van der Waals surface area contributed by atoms with Crippen LogP contribution in [-0.4, -0.2) is 18.5 Å². The molecule has 0 saturated carbocycles. The topological polar surface area (TPSA) is 115 Å². The van der Waals surface area contributed by atoms with Crippen LogP contribution in [0.15, 0.2) is 65.7 Å². The SMILES string of the molecule is Cc1ncccc1Oc1cc(C(F)(F)F)ccc1C(O)Nc1cccc(S(N)(=O)=O)c1. The van der Waals surface area contributed by atoms with Crippen LogP contribution in [0.25, 0.3) is 0 Å². The number of aliphatic hydroxyl groups excluding tert-OH is 1. The van der Waals surface area contributed by atoms with E-state index in [1.807, 2.05) is 0 Å². The zero-order valence-electron chi connectivity index (χ0n) is 16.1. The smallest absolute Gasteiger partial charge is 0.416 e. The second kappa shape index (κ2) is 8.53. The van der Waals surface area contributed by atoms with Crippen molar-refractivity contribution in [3.05, 3.63) is 77.6 Å². The largest absolute Gasteiger partial charge is 0.455 e. The molecule has 1 aromatic heterocycles. The Balaban J connectivity index is 1.98. The lowest BCUT2D eigenvalue weighted by molar-refractivity contribution is -0.137. The number of ether oxygens (including phenoxy) is 1. The van der Waals surface area contributed by atoms with E-state index in [4.69, 9.17) is 9.88 Å². The van der Waals surface area contributed by atoms with Gasteiger partial charge in [-0.15, -0.1) is 0 Å². The number of nitrogens with zero attached hydrogens (tertiary/aromatic N) is 1. The standard InChI is InChI=1S/C20H18F3N3O4S/c1-12-17(6-3-9-25-12)30-18-10-13(20(21,22)23)7-8-16(18)19(27)26-14-4-2-5-15(11-14)31(24,28)29/h2-11,19,26-27H,1H3,(H2,24,28,29). The molecule has 2 aromatic carbocycles. The molecule has 0 bridgehead atoms.